The predicted molar refractivity (Wildman–Crippen MR) is 137 cm³/mol. The number of carbonyl (C=O) groups excluding carboxylic acids is 2. The van der Waals surface area contributed by atoms with Crippen LogP contribution in [0.3, 0.4) is 0 Å². The molecule has 0 unspecified atom stereocenters. The number of hydrogen-bond donors (Lipinski definition) is 4. The molecular weight excluding hydrogens is 509 g/mol. The van der Waals surface area contributed by atoms with E-state index in [2.05, 4.69) is 26.3 Å². The number of amides is 2. The molecule has 0 saturated heterocycles. The molecule has 1 aromatic carbocycles. The van der Waals surface area contributed by atoms with Crippen molar-refractivity contribution < 1.29 is 14.3 Å². The third kappa shape index (κ3) is 13.8. The summed E-state index contributed by atoms with van der Waals surface area (Å²) in [5.74, 6) is 0.750. The normalized spacial score (nSPS) is 11.4. The van der Waals surface area contributed by atoms with E-state index in [1.807, 2.05) is 65.8 Å². The summed E-state index contributed by atoms with van der Waals surface area (Å²) in [6.45, 7) is 13.8. The van der Waals surface area contributed by atoms with Crippen molar-refractivity contribution in [3.05, 3.63) is 29.8 Å². The number of nitrogens with zero attached hydrogens (tertiary/aromatic N) is 1. The van der Waals surface area contributed by atoms with Gasteiger partial charge in [0.1, 0.15) is 5.60 Å². The summed E-state index contributed by atoms with van der Waals surface area (Å²) in [4.78, 5) is 27.9. The molecule has 0 spiro atoms. The quantitative estimate of drug-likeness (QED) is 0.164. The van der Waals surface area contributed by atoms with Crippen LogP contribution in [0.2, 0.25) is 0 Å². The number of anilines is 1. The van der Waals surface area contributed by atoms with Crippen LogP contribution in [-0.2, 0) is 16.0 Å². The van der Waals surface area contributed by atoms with E-state index in [9.17, 15) is 9.59 Å². The van der Waals surface area contributed by atoms with Crippen LogP contribution in [0.15, 0.2) is 29.3 Å². The average molecular weight is 547 g/mol. The Balaban J connectivity index is 0.00000900. The first-order valence-electron chi connectivity index (χ1n) is 10.5. The number of guanidine groups is 1. The fourth-order valence-corrected chi connectivity index (χ4v) is 2.39. The Kier molecular flexibility index (Phi) is 13.9. The zero-order valence-electron chi connectivity index (χ0n) is 19.5. The van der Waals surface area contributed by atoms with Gasteiger partial charge in [-0.15, -0.1) is 24.0 Å². The van der Waals surface area contributed by atoms with Crippen molar-refractivity contribution in [2.24, 2.45) is 10.9 Å². The SMILES string of the molecule is CCNC(=NCCc1ccc(NC(=O)OC(C)(C)C)cc1)NCCNC(=O)C(C)C.I. The summed E-state index contributed by atoms with van der Waals surface area (Å²) in [6, 6.07) is 7.63. The van der Waals surface area contributed by atoms with Crippen molar-refractivity contribution in [3.8, 4) is 0 Å². The topological polar surface area (TPSA) is 104 Å². The number of aliphatic imine (C=N–C) groups is 1. The van der Waals surface area contributed by atoms with Crippen molar-refractivity contribution in [1.29, 1.82) is 0 Å². The second kappa shape index (κ2) is 14.9. The van der Waals surface area contributed by atoms with Crippen molar-refractivity contribution >= 4 is 47.6 Å². The molecule has 0 fully saturated rings. The van der Waals surface area contributed by atoms with Gasteiger partial charge in [-0.3, -0.25) is 15.1 Å². The summed E-state index contributed by atoms with van der Waals surface area (Å²) < 4.78 is 5.25. The van der Waals surface area contributed by atoms with Crippen LogP contribution in [0.4, 0.5) is 10.5 Å². The summed E-state index contributed by atoms with van der Waals surface area (Å²) >= 11 is 0. The average Bonchev–Trinajstić information content (AvgIpc) is 2.64. The Morgan fingerprint density at radius 1 is 1.03 bits per heavy atom. The van der Waals surface area contributed by atoms with E-state index >= 15 is 0 Å². The summed E-state index contributed by atoms with van der Waals surface area (Å²) in [6.07, 6.45) is 0.304. The molecule has 0 aliphatic rings. The fraction of sp³-hybridized carbons (Fsp3) is 0.591. The van der Waals surface area contributed by atoms with E-state index in [4.69, 9.17) is 4.74 Å². The highest BCUT2D eigenvalue weighted by Gasteiger charge is 2.16. The molecule has 9 heteroatoms. The van der Waals surface area contributed by atoms with Crippen molar-refractivity contribution in [3.63, 3.8) is 0 Å². The summed E-state index contributed by atoms with van der Waals surface area (Å²) in [7, 11) is 0. The van der Waals surface area contributed by atoms with E-state index in [-0.39, 0.29) is 35.8 Å². The maximum atomic E-state index is 11.8. The second-order valence-corrected chi connectivity index (χ2v) is 8.21. The summed E-state index contributed by atoms with van der Waals surface area (Å²) in [5, 5.41) is 12.0. The van der Waals surface area contributed by atoms with Crippen LogP contribution in [-0.4, -0.2) is 49.7 Å². The first-order valence-corrected chi connectivity index (χ1v) is 10.5. The molecule has 0 radical (unpaired) electrons. The lowest BCUT2D eigenvalue weighted by atomic mass is 10.1. The van der Waals surface area contributed by atoms with Gasteiger partial charge in [0, 0.05) is 37.8 Å². The van der Waals surface area contributed by atoms with Crippen LogP contribution >= 0.6 is 24.0 Å². The van der Waals surface area contributed by atoms with Gasteiger partial charge in [-0.2, -0.15) is 0 Å². The number of rotatable bonds is 9. The van der Waals surface area contributed by atoms with Gasteiger partial charge in [0.15, 0.2) is 5.96 Å². The molecule has 0 aromatic heterocycles. The van der Waals surface area contributed by atoms with Crippen LogP contribution < -0.4 is 21.3 Å². The van der Waals surface area contributed by atoms with E-state index in [1.54, 1.807) is 0 Å². The van der Waals surface area contributed by atoms with Gasteiger partial charge in [0.2, 0.25) is 5.91 Å². The van der Waals surface area contributed by atoms with Crippen LogP contribution in [0.5, 0.6) is 0 Å². The molecule has 8 nitrogen and oxygen atoms in total. The smallest absolute Gasteiger partial charge is 0.412 e. The molecule has 0 atom stereocenters. The predicted octanol–water partition coefficient (Wildman–Crippen LogP) is 3.52. The zero-order chi connectivity index (χ0) is 22.6. The second-order valence-electron chi connectivity index (χ2n) is 8.21. The lowest BCUT2D eigenvalue weighted by molar-refractivity contribution is -0.123. The largest absolute Gasteiger partial charge is 0.444 e. The molecule has 0 bridgehead atoms. The van der Waals surface area contributed by atoms with Gasteiger partial charge in [-0.05, 0) is 51.8 Å². The van der Waals surface area contributed by atoms with Crippen molar-refractivity contribution in [2.45, 2.75) is 53.6 Å². The third-order valence-corrected chi connectivity index (χ3v) is 3.85. The molecular formula is C22H38IN5O3. The number of halogens is 1. The Hall–Kier alpha value is -2.04. The van der Waals surface area contributed by atoms with Crippen LogP contribution in [0.25, 0.3) is 0 Å². The minimum Gasteiger partial charge on any atom is -0.444 e. The van der Waals surface area contributed by atoms with E-state index in [1.165, 1.54) is 0 Å². The number of hydrogen-bond acceptors (Lipinski definition) is 4. The Labute approximate surface area is 203 Å². The van der Waals surface area contributed by atoms with Crippen LogP contribution in [0.1, 0.15) is 47.1 Å². The number of benzene rings is 1. The van der Waals surface area contributed by atoms with Gasteiger partial charge in [-0.25, -0.2) is 4.79 Å². The molecule has 0 aliphatic heterocycles. The first-order chi connectivity index (χ1) is 14.1. The highest BCUT2D eigenvalue weighted by atomic mass is 127. The fourth-order valence-electron chi connectivity index (χ4n) is 2.39. The standard InChI is InChI=1S/C22H37N5O3.HI/c1-7-23-20(26-15-14-24-19(28)16(2)3)25-13-12-17-8-10-18(11-9-17)27-21(29)30-22(4,5)6;/h8-11,16H,7,12-15H2,1-6H3,(H,24,28)(H,27,29)(H2,23,25,26);1H. The molecule has 0 aliphatic carbocycles. The molecule has 1 rings (SSSR count). The monoisotopic (exact) mass is 547 g/mol. The number of nitrogens with one attached hydrogen (secondary N) is 4. The maximum absolute atomic E-state index is 11.8. The maximum Gasteiger partial charge on any atom is 0.412 e. The van der Waals surface area contributed by atoms with E-state index in [0.29, 0.717) is 25.3 Å². The first kappa shape index (κ1) is 29.0. The molecule has 2 amide bonds. The van der Waals surface area contributed by atoms with Crippen molar-refractivity contribution in [2.75, 3.05) is 31.5 Å². The molecule has 1 aromatic rings. The molecule has 0 saturated carbocycles. The minimum atomic E-state index is -0.527. The van der Waals surface area contributed by atoms with Gasteiger partial charge < -0.3 is 20.7 Å². The third-order valence-electron chi connectivity index (χ3n) is 3.85. The Morgan fingerprint density at radius 3 is 2.19 bits per heavy atom. The molecule has 31 heavy (non-hydrogen) atoms. The number of ether oxygens (including phenoxy) is 1. The molecule has 4 N–H and O–H groups in total. The van der Waals surface area contributed by atoms with E-state index < -0.39 is 11.7 Å². The van der Waals surface area contributed by atoms with E-state index in [0.717, 1.165) is 24.5 Å². The van der Waals surface area contributed by atoms with Crippen molar-refractivity contribution in [1.82, 2.24) is 16.0 Å². The molecule has 176 valence electrons. The zero-order valence-corrected chi connectivity index (χ0v) is 21.8. The van der Waals surface area contributed by atoms with Crippen LogP contribution in [0, 0.1) is 5.92 Å². The van der Waals surface area contributed by atoms with Gasteiger partial charge in [0.25, 0.3) is 0 Å². The minimum absolute atomic E-state index is 0. The van der Waals surface area contributed by atoms with Gasteiger partial charge in [0.05, 0.1) is 0 Å². The highest BCUT2D eigenvalue weighted by Crippen LogP contribution is 2.13. The number of carbonyl (C=O) groups is 2. The Bertz CT molecular complexity index is 700. The summed E-state index contributed by atoms with van der Waals surface area (Å²) in [5.41, 5.74) is 1.28. The van der Waals surface area contributed by atoms with Gasteiger partial charge >= 0.3 is 6.09 Å². The lowest BCUT2D eigenvalue weighted by Gasteiger charge is -2.19. The lowest BCUT2D eigenvalue weighted by Crippen LogP contribution is -2.42. The Morgan fingerprint density at radius 2 is 1.65 bits per heavy atom. The van der Waals surface area contributed by atoms with Gasteiger partial charge in [-0.1, -0.05) is 26.0 Å². The highest BCUT2D eigenvalue weighted by molar-refractivity contribution is 14.0. The molecule has 0 heterocycles.